The van der Waals surface area contributed by atoms with Gasteiger partial charge in [-0.2, -0.15) is 0 Å². The van der Waals surface area contributed by atoms with Gasteiger partial charge in [0, 0.05) is 0 Å². The average molecular weight is 639 g/mol. The number of rotatable bonds is 0. The molecule has 0 rings (SSSR count). The van der Waals surface area contributed by atoms with Gasteiger partial charge in [0.25, 0.3) is 0 Å². The second-order valence-corrected chi connectivity index (χ2v) is 3.06. The zero-order valence-electron chi connectivity index (χ0n) is 9.48. The molecule has 0 unspecified atom stereocenters. The largest absolute Gasteiger partial charge is 3.00 e. The Morgan fingerprint density at radius 2 is 0.333 bits per heavy atom. The molecule has 0 heterocycles. The molecule has 24 heteroatoms. The summed E-state index contributed by atoms with van der Waals surface area (Å²) >= 11 is -15.6. The second kappa shape index (κ2) is 50.0. The van der Waals surface area contributed by atoms with Gasteiger partial charge in [-0.05, 0) is 0 Å². The zero-order valence-corrected chi connectivity index (χ0v) is 17.6. The number of hydrogen-bond donors (Lipinski definition) is 0. The van der Waals surface area contributed by atoms with E-state index in [-0.39, 0.29) is 68.3 Å². The Morgan fingerprint density at radius 3 is 0.333 bits per heavy atom. The van der Waals surface area contributed by atoms with Crippen LogP contribution < -0.4 is 0 Å². The maximum Gasteiger partial charge on any atom is 3.00 e. The van der Waals surface area contributed by atoms with Crippen LogP contribution in [0.15, 0.2) is 0 Å². The monoisotopic (exact) mass is 638 g/mol. The van der Waals surface area contributed by atoms with E-state index in [1.165, 1.54) is 0 Å². The van der Waals surface area contributed by atoms with E-state index in [0.717, 1.165) is 0 Å². The van der Waals surface area contributed by atoms with Gasteiger partial charge in [0.15, 0.2) is 0 Å². The molecule has 0 fully saturated rings. The SMILES string of the molecule is O=S([O-])[O-].O=S([O-])[O-].O=S([O-])[O-].O=S([O-])[O-].O=S([O-])[O-].[Cu+2].[Cu+2].[Fe+3].[Fe+3]. The summed E-state index contributed by atoms with van der Waals surface area (Å²) in [6.07, 6.45) is 0. The van der Waals surface area contributed by atoms with Crippen LogP contribution in [-0.4, -0.2) is 66.6 Å². The van der Waals surface area contributed by atoms with Gasteiger partial charge >= 0.3 is 68.3 Å². The molecule has 0 saturated carbocycles. The third-order valence-corrected chi connectivity index (χ3v) is 0. The van der Waals surface area contributed by atoms with Crippen LogP contribution in [0.5, 0.6) is 0 Å². The van der Waals surface area contributed by atoms with Crippen molar-refractivity contribution in [2.24, 2.45) is 0 Å². The van der Waals surface area contributed by atoms with Crippen molar-refractivity contribution in [3.8, 4) is 0 Å². The Balaban J connectivity index is -0.0000000161. The van der Waals surface area contributed by atoms with Crippen LogP contribution in [0, 0.1) is 0 Å². The van der Waals surface area contributed by atoms with Crippen molar-refractivity contribution in [2.75, 3.05) is 0 Å². The molecule has 0 atom stereocenters. The van der Waals surface area contributed by atoms with Crippen molar-refractivity contribution in [3.63, 3.8) is 0 Å². The summed E-state index contributed by atoms with van der Waals surface area (Å²) in [5.74, 6) is 0. The molecule has 0 aromatic rings. The normalized spacial score (nSPS) is 7.29. The van der Waals surface area contributed by atoms with Crippen molar-refractivity contribution in [2.45, 2.75) is 0 Å². The van der Waals surface area contributed by atoms with Crippen LogP contribution in [0.3, 0.4) is 0 Å². The van der Waals surface area contributed by atoms with Crippen molar-refractivity contribution in [1.29, 1.82) is 0 Å². The third kappa shape index (κ3) is 2270. The van der Waals surface area contributed by atoms with E-state index in [1.807, 2.05) is 0 Å². The second-order valence-electron chi connectivity index (χ2n) is 1.02. The van der Waals surface area contributed by atoms with Gasteiger partial charge in [-0.1, -0.05) is 0 Å². The minimum absolute atomic E-state index is 0. The third-order valence-electron chi connectivity index (χ3n) is 0. The predicted octanol–water partition coefficient (Wildman–Crippen LogP) is -5.03. The van der Waals surface area contributed by atoms with Crippen molar-refractivity contribution >= 4 is 56.8 Å². The fourth-order valence-electron chi connectivity index (χ4n) is 0. The predicted molar refractivity (Wildman–Crippen MR) is 48.5 cm³/mol. The summed E-state index contributed by atoms with van der Waals surface area (Å²) < 4.78 is 127. The molecule has 0 aromatic carbocycles. The summed E-state index contributed by atoms with van der Waals surface area (Å²) in [4.78, 5) is 0. The fraction of sp³-hybridized carbons (Fsp3) is 0. The smallest absolute Gasteiger partial charge is 0.784 e. The molecule has 0 aromatic heterocycles. The van der Waals surface area contributed by atoms with E-state index in [1.54, 1.807) is 0 Å². The summed E-state index contributed by atoms with van der Waals surface area (Å²) in [5, 5.41) is 0. The van der Waals surface area contributed by atoms with Crippen molar-refractivity contribution in [1.82, 2.24) is 0 Å². The van der Waals surface area contributed by atoms with Gasteiger partial charge in [-0.25, -0.2) is 0 Å². The first kappa shape index (κ1) is 56.3. The van der Waals surface area contributed by atoms with Crippen LogP contribution in [-0.2, 0) is 125 Å². The Labute approximate surface area is 190 Å². The maximum absolute atomic E-state index is 8.44. The minimum atomic E-state index is -3.11. The maximum atomic E-state index is 8.44. The summed E-state index contributed by atoms with van der Waals surface area (Å²) in [6, 6.07) is 0. The van der Waals surface area contributed by atoms with E-state index in [4.69, 9.17) is 66.6 Å². The standard InChI is InChI=1S/2Cu.2Fe.5H2O3S/c;;;;5*1-4(2)3/h;;;;5*(H2,1,2,3)/q2*+2;2*+3;;;;;/p-10. The molecular weight excluding hydrogens is 639 g/mol. The van der Waals surface area contributed by atoms with E-state index in [0.29, 0.717) is 0 Å². The van der Waals surface area contributed by atoms with Gasteiger partial charge in [0.2, 0.25) is 0 Å². The molecule has 158 valence electrons. The molecule has 0 aliphatic carbocycles. The van der Waals surface area contributed by atoms with Crippen molar-refractivity contribution in [3.05, 3.63) is 0 Å². The Kier molecular flexibility index (Phi) is 117. The minimum Gasteiger partial charge on any atom is -0.784 e. The van der Waals surface area contributed by atoms with E-state index in [9.17, 15) is 0 Å². The molecule has 0 amide bonds. The molecular formula is Cu2Fe2O15S5. The number of hydrogen-bond acceptors (Lipinski definition) is 15. The first-order chi connectivity index (χ1) is 8.66. The van der Waals surface area contributed by atoms with Gasteiger partial charge in [0.05, 0.1) is 0 Å². The molecule has 4 radical (unpaired) electrons. The van der Waals surface area contributed by atoms with Crippen LogP contribution in [0.2, 0.25) is 0 Å². The molecule has 0 bridgehead atoms. The van der Waals surface area contributed by atoms with Crippen molar-refractivity contribution < 1.29 is 135 Å². The Morgan fingerprint density at radius 1 is 0.333 bits per heavy atom. The van der Waals surface area contributed by atoms with Crippen LogP contribution >= 0.6 is 0 Å². The first-order valence-electron chi connectivity index (χ1n) is 2.50. The summed E-state index contributed by atoms with van der Waals surface area (Å²) in [5.41, 5.74) is 0. The van der Waals surface area contributed by atoms with E-state index in [2.05, 4.69) is 0 Å². The van der Waals surface area contributed by atoms with Gasteiger partial charge in [-0.15, -0.1) is 56.8 Å². The van der Waals surface area contributed by atoms with Crippen LogP contribution in [0.4, 0.5) is 0 Å². The van der Waals surface area contributed by atoms with Gasteiger partial charge < -0.3 is 45.5 Å². The molecule has 0 spiro atoms. The fourth-order valence-corrected chi connectivity index (χ4v) is 0. The van der Waals surface area contributed by atoms with Crippen LogP contribution in [0.25, 0.3) is 0 Å². The first-order valence-corrected chi connectivity index (χ1v) is 7.50. The Bertz CT molecular complexity index is 221. The zero-order chi connectivity index (χ0) is 17.9. The average Bonchev–Trinajstić information content (AvgIpc) is 1.94. The topological polar surface area (TPSA) is 316 Å². The molecule has 24 heavy (non-hydrogen) atoms. The molecule has 0 aliphatic rings. The molecule has 0 aliphatic heterocycles. The summed E-state index contributed by atoms with van der Waals surface area (Å²) in [6.45, 7) is 0. The van der Waals surface area contributed by atoms with Crippen LogP contribution in [0.1, 0.15) is 0 Å². The molecule has 0 N–H and O–H groups in total. The summed E-state index contributed by atoms with van der Waals surface area (Å²) in [7, 11) is 0. The van der Waals surface area contributed by atoms with E-state index < -0.39 is 56.8 Å². The van der Waals surface area contributed by atoms with E-state index >= 15 is 0 Å². The quantitative estimate of drug-likeness (QED) is 0.177. The van der Waals surface area contributed by atoms with Gasteiger partial charge in [-0.3, -0.25) is 21.0 Å². The van der Waals surface area contributed by atoms with Gasteiger partial charge in [0.1, 0.15) is 0 Å². The molecule has 0 saturated heterocycles. The molecule has 15 nitrogen and oxygen atoms in total. The Hall–Kier alpha value is 2.43.